The summed E-state index contributed by atoms with van der Waals surface area (Å²) in [5.41, 5.74) is -0.0967. The second-order valence-corrected chi connectivity index (χ2v) is 7.66. The Morgan fingerprint density at radius 2 is 2.18 bits per heavy atom. The number of rotatable bonds is 3. The van der Waals surface area contributed by atoms with Gasteiger partial charge >= 0.3 is 0 Å². The Bertz CT molecular complexity index is 341. The van der Waals surface area contributed by atoms with Gasteiger partial charge in [0.2, 0.25) is 0 Å². The van der Waals surface area contributed by atoms with Crippen LogP contribution in [0.1, 0.15) is 32.1 Å². The molecule has 0 aromatic carbocycles. The quantitative estimate of drug-likeness (QED) is 0.822. The molecule has 4 nitrogen and oxygen atoms in total. The van der Waals surface area contributed by atoms with Crippen molar-refractivity contribution in [3.05, 3.63) is 0 Å². The van der Waals surface area contributed by atoms with Crippen LogP contribution in [0.5, 0.6) is 0 Å². The third-order valence-corrected chi connectivity index (χ3v) is 5.99. The van der Waals surface area contributed by atoms with E-state index in [2.05, 4.69) is 5.32 Å². The van der Waals surface area contributed by atoms with Gasteiger partial charge in [-0.25, -0.2) is 8.42 Å². The summed E-state index contributed by atoms with van der Waals surface area (Å²) in [5.74, 6) is 0.928. The fourth-order valence-electron chi connectivity index (χ4n) is 3.30. The largest absolute Gasteiger partial charge is 0.383 e. The van der Waals surface area contributed by atoms with Gasteiger partial charge in [0, 0.05) is 12.6 Å². The Morgan fingerprint density at radius 1 is 1.35 bits per heavy atom. The van der Waals surface area contributed by atoms with Crippen LogP contribution in [0.25, 0.3) is 0 Å². The van der Waals surface area contributed by atoms with E-state index in [-0.39, 0.29) is 11.5 Å². The third-order valence-electron chi connectivity index (χ3n) is 4.17. The molecule has 1 N–H and O–H groups in total. The average molecular weight is 261 g/mol. The van der Waals surface area contributed by atoms with Crippen molar-refractivity contribution in [1.82, 2.24) is 5.32 Å². The van der Waals surface area contributed by atoms with E-state index in [9.17, 15) is 8.42 Å². The molecule has 0 aromatic heterocycles. The van der Waals surface area contributed by atoms with Crippen molar-refractivity contribution >= 4 is 9.84 Å². The molecule has 17 heavy (non-hydrogen) atoms. The Labute approximate surface area is 104 Å². The molecule has 0 spiro atoms. The summed E-state index contributed by atoms with van der Waals surface area (Å²) in [7, 11) is -1.13. The van der Waals surface area contributed by atoms with E-state index in [0.29, 0.717) is 18.1 Å². The molecule has 2 heterocycles. The number of sulfone groups is 1. The molecule has 0 aromatic rings. The minimum absolute atomic E-state index is 0.0967. The molecule has 0 saturated carbocycles. The molecular weight excluding hydrogens is 238 g/mol. The highest BCUT2D eigenvalue weighted by molar-refractivity contribution is 7.91. The van der Waals surface area contributed by atoms with E-state index in [1.54, 1.807) is 7.11 Å². The van der Waals surface area contributed by atoms with Crippen LogP contribution < -0.4 is 5.32 Å². The lowest BCUT2D eigenvalue weighted by molar-refractivity contribution is 0.0500. The summed E-state index contributed by atoms with van der Waals surface area (Å²) >= 11 is 0. The highest BCUT2D eigenvalue weighted by Gasteiger charge is 2.43. The molecule has 0 radical (unpaired) electrons. The average Bonchev–Trinajstić information content (AvgIpc) is 2.29. The number of ether oxygens (including phenoxy) is 1. The van der Waals surface area contributed by atoms with Crippen LogP contribution in [0.4, 0.5) is 0 Å². The van der Waals surface area contributed by atoms with Crippen LogP contribution in [0.3, 0.4) is 0 Å². The van der Waals surface area contributed by atoms with Gasteiger partial charge in [-0.2, -0.15) is 0 Å². The summed E-state index contributed by atoms with van der Waals surface area (Å²) in [6, 6.07) is 0. The number of hydrogen-bond acceptors (Lipinski definition) is 4. The lowest BCUT2D eigenvalue weighted by atomic mass is 9.76. The number of hydrogen-bond donors (Lipinski definition) is 1. The SMILES string of the molecule is COCC1(C2CCCS(=O)(=O)C2)CCCCN1. The smallest absolute Gasteiger partial charge is 0.150 e. The van der Waals surface area contributed by atoms with Crippen molar-refractivity contribution in [3.8, 4) is 0 Å². The summed E-state index contributed by atoms with van der Waals surface area (Å²) in [5, 5.41) is 3.55. The van der Waals surface area contributed by atoms with Crippen molar-refractivity contribution in [2.45, 2.75) is 37.6 Å². The normalized spacial score (nSPS) is 37.8. The van der Waals surface area contributed by atoms with Gasteiger partial charge in [-0.15, -0.1) is 0 Å². The molecule has 2 aliphatic heterocycles. The molecule has 2 fully saturated rings. The second kappa shape index (κ2) is 5.24. The van der Waals surface area contributed by atoms with E-state index in [1.165, 1.54) is 12.8 Å². The van der Waals surface area contributed by atoms with Gasteiger partial charge < -0.3 is 10.1 Å². The maximum Gasteiger partial charge on any atom is 0.150 e. The van der Waals surface area contributed by atoms with Crippen molar-refractivity contribution < 1.29 is 13.2 Å². The molecule has 2 saturated heterocycles. The minimum Gasteiger partial charge on any atom is -0.383 e. The summed E-state index contributed by atoms with van der Waals surface area (Å²) in [6.07, 6.45) is 5.22. The number of piperidine rings is 1. The van der Waals surface area contributed by atoms with E-state index in [4.69, 9.17) is 4.74 Å². The van der Waals surface area contributed by atoms with E-state index >= 15 is 0 Å². The molecule has 0 bridgehead atoms. The van der Waals surface area contributed by atoms with Crippen LogP contribution in [0.15, 0.2) is 0 Å². The molecule has 5 heteroatoms. The number of nitrogens with one attached hydrogen (secondary N) is 1. The Hall–Kier alpha value is -0.130. The molecule has 2 unspecified atom stereocenters. The van der Waals surface area contributed by atoms with Crippen LogP contribution in [-0.2, 0) is 14.6 Å². The molecular formula is C12H23NO3S. The first kappa shape index (κ1) is 13.3. The summed E-state index contributed by atoms with van der Waals surface area (Å²) in [4.78, 5) is 0. The predicted molar refractivity (Wildman–Crippen MR) is 67.8 cm³/mol. The van der Waals surface area contributed by atoms with E-state index < -0.39 is 9.84 Å². The van der Waals surface area contributed by atoms with Crippen LogP contribution in [0, 0.1) is 5.92 Å². The van der Waals surface area contributed by atoms with Gasteiger partial charge in [-0.3, -0.25) is 0 Å². The zero-order valence-electron chi connectivity index (χ0n) is 10.6. The van der Waals surface area contributed by atoms with Crippen molar-refractivity contribution in [2.24, 2.45) is 5.92 Å². The van der Waals surface area contributed by atoms with Gasteiger partial charge in [0.15, 0.2) is 9.84 Å². The molecule has 0 aliphatic carbocycles. The van der Waals surface area contributed by atoms with Crippen molar-refractivity contribution in [3.63, 3.8) is 0 Å². The zero-order chi connectivity index (χ0) is 12.4. The van der Waals surface area contributed by atoms with Crippen molar-refractivity contribution in [1.29, 1.82) is 0 Å². The van der Waals surface area contributed by atoms with Crippen LogP contribution in [-0.4, -0.2) is 45.7 Å². The molecule has 100 valence electrons. The number of methoxy groups -OCH3 is 1. The first-order chi connectivity index (χ1) is 8.08. The molecule has 0 amide bonds. The third kappa shape index (κ3) is 3.01. The van der Waals surface area contributed by atoms with Gasteiger partial charge in [-0.05, 0) is 38.1 Å². The topological polar surface area (TPSA) is 55.4 Å². The van der Waals surface area contributed by atoms with E-state index in [1.807, 2.05) is 0 Å². The Kier molecular flexibility index (Phi) is 4.10. The van der Waals surface area contributed by atoms with Crippen molar-refractivity contribution in [2.75, 3.05) is 31.8 Å². The maximum atomic E-state index is 11.8. The first-order valence-corrected chi connectivity index (χ1v) is 8.34. The molecule has 2 atom stereocenters. The van der Waals surface area contributed by atoms with Gasteiger partial charge in [-0.1, -0.05) is 6.42 Å². The monoisotopic (exact) mass is 261 g/mol. The van der Waals surface area contributed by atoms with Crippen LogP contribution in [0.2, 0.25) is 0 Å². The highest BCUT2D eigenvalue weighted by atomic mass is 32.2. The standard InChI is InChI=1S/C12H23NO3S/c1-16-10-12(6-2-3-7-13-12)11-5-4-8-17(14,15)9-11/h11,13H,2-10H2,1H3. The van der Waals surface area contributed by atoms with Gasteiger partial charge in [0.1, 0.15) is 0 Å². The van der Waals surface area contributed by atoms with Crippen LogP contribution >= 0.6 is 0 Å². The first-order valence-electron chi connectivity index (χ1n) is 6.52. The summed E-state index contributed by atoms with van der Waals surface area (Å²) < 4.78 is 28.9. The van der Waals surface area contributed by atoms with E-state index in [0.717, 1.165) is 25.8 Å². The lowest BCUT2D eigenvalue weighted by Gasteiger charge is -2.45. The fraction of sp³-hybridized carbons (Fsp3) is 1.00. The van der Waals surface area contributed by atoms with Gasteiger partial charge in [0.25, 0.3) is 0 Å². The second-order valence-electron chi connectivity index (χ2n) is 5.43. The minimum atomic E-state index is -2.83. The molecule has 2 rings (SSSR count). The summed E-state index contributed by atoms with van der Waals surface area (Å²) in [6.45, 7) is 1.62. The molecule has 2 aliphatic rings. The Morgan fingerprint density at radius 3 is 2.76 bits per heavy atom. The fourth-order valence-corrected chi connectivity index (χ4v) is 5.17. The van der Waals surface area contributed by atoms with Gasteiger partial charge in [0.05, 0.1) is 18.1 Å². The lowest BCUT2D eigenvalue weighted by Crippen LogP contribution is -2.59. The Balaban J connectivity index is 2.14. The highest BCUT2D eigenvalue weighted by Crippen LogP contribution is 2.34. The predicted octanol–water partition coefficient (Wildman–Crippen LogP) is 0.970. The maximum absolute atomic E-state index is 11.8. The zero-order valence-corrected chi connectivity index (χ0v) is 11.4.